The van der Waals surface area contributed by atoms with Gasteiger partial charge in [0.25, 0.3) is 0 Å². The second kappa shape index (κ2) is 8.69. The minimum atomic E-state index is -3.48. The first kappa shape index (κ1) is 19.6. The Morgan fingerprint density at radius 2 is 1.81 bits per heavy atom. The third-order valence-corrected chi connectivity index (χ3v) is 6.37. The number of benzene rings is 1. The summed E-state index contributed by atoms with van der Waals surface area (Å²) in [6.07, 6.45) is 1.36. The summed E-state index contributed by atoms with van der Waals surface area (Å²) in [6.45, 7) is 5.02. The molecule has 0 radical (unpaired) electrons. The van der Waals surface area contributed by atoms with E-state index in [4.69, 9.17) is 4.74 Å². The van der Waals surface area contributed by atoms with Crippen LogP contribution < -0.4 is 10.1 Å². The van der Waals surface area contributed by atoms with E-state index in [1.807, 2.05) is 44.3 Å². The van der Waals surface area contributed by atoms with Gasteiger partial charge in [-0.3, -0.25) is 0 Å². The van der Waals surface area contributed by atoms with Gasteiger partial charge >= 0.3 is 0 Å². The number of aromatic nitrogens is 1. The molecule has 146 valence electrons. The summed E-state index contributed by atoms with van der Waals surface area (Å²) in [4.78, 5) is 6.60. The van der Waals surface area contributed by atoms with Crippen LogP contribution in [0.5, 0.6) is 5.75 Å². The van der Waals surface area contributed by atoms with Crippen LogP contribution in [0.2, 0.25) is 0 Å². The van der Waals surface area contributed by atoms with Gasteiger partial charge in [0.15, 0.2) is 0 Å². The number of nitrogens with one attached hydrogen (secondary N) is 1. The fourth-order valence-electron chi connectivity index (χ4n) is 2.84. The lowest BCUT2D eigenvalue weighted by Gasteiger charge is -2.31. The summed E-state index contributed by atoms with van der Waals surface area (Å²) in [6, 6.07) is 12.9. The van der Waals surface area contributed by atoms with Crippen molar-refractivity contribution in [1.82, 2.24) is 14.2 Å². The van der Waals surface area contributed by atoms with Crippen molar-refractivity contribution in [3.05, 3.63) is 48.7 Å². The number of sulfonamides is 1. The zero-order valence-electron chi connectivity index (χ0n) is 15.7. The molecule has 1 aromatic carbocycles. The van der Waals surface area contributed by atoms with Crippen LogP contribution in [0.3, 0.4) is 0 Å². The van der Waals surface area contributed by atoms with E-state index in [1.165, 1.54) is 10.5 Å². The average Bonchev–Trinajstić information content (AvgIpc) is 2.68. The van der Waals surface area contributed by atoms with E-state index < -0.39 is 10.0 Å². The Balaban J connectivity index is 1.55. The molecule has 1 unspecified atom stereocenters. The van der Waals surface area contributed by atoms with Crippen LogP contribution in [0.1, 0.15) is 6.92 Å². The van der Waals surface area contributed by atoms with Crippen LogP contribution in [0.4, 0.5) is 5.82 Å². The lowest BCUT2D eigenvalue weighted by Crippen LogP contribution is -2.47. The predicted molar refractivity (Wildman–Crippen MR) is 106 cm³/mol. The van der Waals surface area contributed by atoms with Gasteiger partial charge < -0.3 is 15.0 Å². The minimum Gasteiger partial charge on any atom is -0.489 e. The van der Waals surface area contributed by atoms with Crippen molar-refractivity contribution >= 4 is 15.8 Å². The average molecular weight is 391 g/mol. The SMILES string of the molecule is CC(CNc1ccc(S(=O)(=O)N2CCN(C)CC2)cn1)Oc1ccccc1. The van der Waals surface area contributed by atoms with E-state index in [9.17, 15) is 8.42 Å². The number of rotatable bonds is 7. The second-order valence-electron chi connectivity index (χ2n) is 6.71. The highest BCUT2D eigenvalue weighted by Crippen LogP contribution is 2.18. The third-order valence-electron chi connectivity index (χ3n) is 4.49. The van der Waals surface area contributed by atoms with Crippen molar-refractivity contribution in [1.29, 1.82) is 0 Å². The molecule has 2 heterocycles. The first-order valence-corrected chi connectivity index (χ1v) is 10.5. The van der Waals surface area contributed by atoms with Gasteiger partial charge in [-0.2, -0.15) is 4.31 Å². The molecule has 1 saturated heterocycles. The zero-order chi connectivity index (χ0) is 19.3. The van der Waals surface area contributed by atoms with Crippen molar-refractivity contribution in [2.75, 3.05) is 45.1 Å². The maximum Gasteiger partial charge on any atom is 0.244 e. The smallest absolute Gasteiger partial charge is 0.244 e. The molecular formula is C19H26N4O3S. The van der Waals surface area contributed by atoms with Crippen molar-refractivity contribution in [3.63, 3.8) is 0 Å². The summed E-state index contributed by atoms with van der Waals surface area (Å²) in [5.74, 6) is 1.43. The molecule has 0 aliphatic carbocycles. The molecule has 1 N–H and O–H groups in total. The predicted octanol–water partition coefficient (Wildman–Crippen LogP) is 1.90. The van der Waals surface area contributed by atoms with Crippen LogP contribution >= 0.6 is 0 Å². The number of hydrogen-bond donors (Lipinski definition) is 1. The molecule has 27 heavy (non-hydrogen) atoms. The normalized spacial score (nSPS) is 17.4. The van der Waals surface area contributed by atoms with Crippen molar-refractivity contribution < 1.29 is 13.2 Å². The van der Waals surface area contributed by atoms with Gasteiger partial charge in [-0.25, -0.2) is 13.4 Å². The fourth-order valence-corrected chi connectivity index (χ4v) is 4.20. The van der Waals surface area contributed by atoms with Gasteiger partial charge in [-0.1, -0.05) is 18.2 Å². The first-order valence-electron chi connectivity index (χ1n) is 9.05. The van der Waals surface area contributed by atoms with Gasteiger partial charge in [0, 0.05) is 32.4 Å². The topological polar surface area (TPSA) is 74.8 Å². The van der Waals surface area contributed by atoms with E-state index in [2.05, 4.69) is 15.2 Å². The van der Waals surface area contributed by atoms with Gasteiger partial charge in [0.05, 0.1) is 6.54 Å². The van der Waals surface area contributed by atoms with Gasteiger partial charge in [-0.15, -0.1) is 0 Å². The number of piperazine rings is 1. The Labute approximate surface area is 161 Å². The van der Waals surface area contributed by atoms with Crippen molar-refractivity contribution in [3.8, 4) is 5.75 Å². The Kier molecular flexibility index (Phi) is 6.30. The molecule has 0 amide bonds. The number of nitrogens with zero attached hydrogens (tertiary/aromatic N) is 3. The van der Waals surface area contributed by atoms with Crippen LogP contribution in [0, 0.1) is 0 Å². The number of ether oxygens (including phenoxy) is 1. The molecule has 1 fully saturated rings. The highest BCUT2D eigenvalue weighted by Gasteiger charge is 2.27. The van der Waals surface area contributed by atoms with E-state index in [1.54, 1.807) is 12.1 Å². The summed E-state index contributed by atoms with van der Waals surface area (Å²) >= 11 is 0. The quantitative estimate of drug-likeness (QED) is 0.778. The molecule has 1 atom stereocenters. The molecule has 0 spiro atoms. The maximum atomic E-state index is 12.7. The Hall–Kier alpha value is -2.16. The molecule has 1 aliphatic rings. The summed E-state index contributed by atoms with van der Waals surface area (Å²) in [7, 11) is -1.49. The first-order chi connectivity index (χ1) is 12.9. The van der Waals surface area contributed by atoms with Crippen LogP contribution in [-0.2, 0) is 10.0 Å². The molecule has 2 aromatic rings. The molecule has 1 aliphatic heterocycles. The van der Waals surface area contributed by atoms with Gasteiger partial charge in [-0.05, 0) is 38.2 Å². The molecule has 8 heteroatoms. The monoisotopic (exact) mass is 390 g/mol. The third kappa shape index (κ3) is 5.18. The molecule has 7 nitrogen and oxygen atoms in total. The van der Waals surface area contributed by atoms with Crippen molar-refractivity contribution in [2.45, 2.75) is 17.9 Å². The maximum absolute atomic E-state index is 12.7. The van der Waals surface area contributed by atoms with Crippen molar-refractivity contribution in [2.24, 2.45) is 0 Å². The molecular weight excluding hydrogens is 364 g/mol. The lowest BCUT2D eigenvalue weighted by molar-refractivity contribution is 0.222. The minimum absolute atomic E-state index is 0.0528. The van der Waals surface area contributed by atoms with E-state index in [0.29, 0.717) is 25.5 Å². The molecule has 0 saturated carbocycles. The molecule has 1 aromatic heterocycles. The number of para-hydroxylation sites is 1. The van der Waals surface area contributed by atoms with Crippen LogP contribution in [0.25, 0.3) is 0 Å². The van der Waals surface area contributed by atoms with Crippen LogP contribution in [0.15, 0.2) is 53.6 Å². The highest BCUT2D eigenvalue weighted by atomic mass is 32.2. The van der Waals surface area contributed by atoms with Gasteiger partial charge in [0.1, 0.15) is 22.6 Å². The highest BCUT2D eigenvalue weighted by molar-refractivity contribution is 7.89. The number of anilines is 1. The van der Waals surface area contributed by atoms with E-state index in [0.717, 1.165) is 18.8 Å². The lowest BCUT2D eigenvalue weighted by atomic mass is 10.3. The molecule has 0 bridgehead atoms. The number of pyridine rings is 1. The Morgan fingerprint density at radius 1 is 1.11 bits per heavy atom. The standard InChI is InChI=1S/C19H26N4O3S/c1-16(26-17-6-4-3-5-7-17)14-20-19-9-8-18(15-21-19)27(24,25)23-12-10-22(2)11-13-23/h3-9,15-16H,10-14H2,1-2H3,(H,20,21). The molecule has 3 rings (SSSR count). The summed E-state index contributed by atoms with van der Waals surface area (Å²) in [5, 5.41) is 3.18. The number of likely N-dealkylation sites (N-methyl/N-ethyl adjacent to an activating group) is 1. The second-order valence-corrected chi connectivity index (χ2v) is 8.65. The Bertz CT molecular complexity index is 820. The van der Waals surface area contributed by atoms with E-state index >= 15 is 0 Å². The van der Waals surface area contributed by atoms with E-state index in [-0.39, 0.29) is 11.0 Å². The summed E-state index contributed by atoms with van der Waals surface area (Å²) in [5.41, 5.74) is 0. The zero-order valence-corrected chi connectivity index (χ0v) is 16.5. The fraction of sp³-hybridized carbons (Fsp3) is 0.421. The number of hydrogen-bond acceptors (Lipinski definition) is 6. The van der Waals surface area contributed by atoms with Crippen LogP contribution in [-0.4, -0.2) is 68.5 Å². The van der Waals surface area contributed by atoms with Gasteiger partial charge in [0.2, 0.25) is 10.0 Å². The largest absolute Gasteiger partial charge is 0.489 e. The summed E-state index contributed by atoms with van der Waals surface area (Å²) < 4.78 is 32.7. The Morgan fingerprint density at radius 3 is 2.44 bits per heavy atom.